The van der Waals surface area contributed by atoms with Gasteiger partial charge in [-0.3, -0.25) is 19.6 Å². The number of nitrogens with one attached hydrogen (secondary N) is 3. The molecule has 0 radical (unpaired) electrons. The number of aromatic nitrogens is 2. The summed E-state index contributed by atoms with van der Waals surface area (Å²) in [6.07, 6.45) is 0. The average molecular weight is 405 g/mol. The predicted molar refractivity (Wildman–Crippen MR) is 97.0 cm³/mol. The maximum atomic E-state index is 13.2. The van der Waals surface area contributed by atoms with Crippen LogP contribution in [0, 0.1) is 0 Å². The summed E-state index contributed by atoms with van der Waals surface area (Å²) in [5, 5.41) is 2.87. The SMILES string of the molecule is CCOC(=O)C1=C(N)Oc2[nH]c(=O)[nH]c(=O)c2C12C(=O)Nc1ccc(Cl)cc12. The van der Waals surface area contributed by atoms with Gasteiger partial charge in [-0.05, 0) is 25.1 Å². The lowest BCUT2D eigenvalue weighted by atomic mass is 9.69. The highest BCUT2D eigenvalue weighted by atomic mass is 35.5. The smallest absolute Gasteiger partial charge is 0.341 e. The molecule has 0 saturated heterocycles. The number of halogens is 1. The molecular formula is C17H13ClN4O6. The van der Waals surface area contributed by atoms with E-state index in [-0.39, 0.29) is 34.2 Å². The van der Waals surface area contributed by atoms with Crippen LogP contribution in [0.2, 0.25) is 5.02 Å². The maximum Gasteiger partial charge on any atom is 0.341 e. The van der Waals surface area contributed by atoms with Gasteiger partial charge in [-0.15, -0.1) is 0 Å². The molecular weight excluding hydrogens is 392 g/mol. The molecule has 2 aliphatic heterocycles. The van der Waals surface area contributed by atoms with Crippen molar-refractivity contribution in [3.05, 3.63) is 66.6 Å². The Hall–Kier alpha value is -3.53. The second-order valence-electron chi connectivity index (χ2n) is 6.07. The van der Waals surface area contributed by atoms with Crippen LogP contribution >= 0.6 is 11.6 Å². The zero-order valence-electron chi connectivity index (χ0n) is 14.3. The van der Waals surface area contributed by atoms with Crippen molar-refractivity contribution < 1.29 is 19.1 Å². The van der Waals surface area contributed by atoms with Crippen molar-refractivity contribution in [1.82, 2.24) is 9.97 Å². The molecule has 3 heterocycles. The fourth-order valence-electron chi connectivity index (χ4n) is 3.58. The summed E-state index contributed by atoms with van der Waals surface area (Å²) in [4.78, 5) is 54.8. The molecule has 1 amide bonds. The van der Waals surface area contributed by atoms with E-state index in [0.717, 1.165) is 0 Å². The van der Waals surface area contributed by atoms with Gasteiger partial charge in [0, 0.05) is 16.3 Å². The van der Waals surface area contributed by atoms with E-state index >= 15 is 0 Å². The Morgan fingerprint density at radius 3 is 2.75 bits per heavy atom. The molecule has 28 heavy (non-hydrogen) atoms. The van der Waals surface area contributed by atoms with Crippen molar-refractivity contribution in [2.75, 3.05) is 11.9 Å². The lowest BCUT2D eigenvalue weighted by molar-refractivity contribution is -0.140. The van der Waals surface area contributed by atoms with Crippen LogP contribution in [0.4, 0.5) is 5.69 Å². The van der Waals surface area contributed by atoms with Gasteiger partial charge in [0.25, 0.3) is 5.56 Å². The molecule has 0 bridgehead atoms. The summed E-state index contributed by atoms with van der Waals surface area (Å²) in [6, 6.07) is 4.49. The van der Waals surface area contributed by atoms with Gasteiger partial charge in [0.15, 0.2) is 0 Å². The quantitative estimate of drug-likeness (QED) is 0.516. The first-order valence-electron chi connectivity index (χ1n) is 8.14. The molecule has 1 atom stereocenters. The number of hydrogen-bond donors (Lipinski definition) is 4. The van der Waals surface area contributed by atoms with E-state index in [1.54, 1.807) is 6.92 Å². The fourth-order valence-corrected chi connectivity index (χ4v) is 3.75. The van der Waals surface area contributed by atoms with Crippen molar-refractivity contribution >= 4 is 29.2 Å². The monoisotopic (exact) mass is 404 g/mol. The molecule has 10 nitrogen and oxygen atoms in total. The molecule has 0 aliphatic carbocycles. The molecule has 1 unspecified atom stereocenters. The predicted octanol–water partition coefficient (Wildman–Crippen LogP) is 0.0806. The Labute approximate surface area is 161 Å². The minimum Gasteiger partial charge on any atom is -0.462 e. The number of fused-ring (bicyclic) bond motifs is 4. The number of esters is 1. The third kappa shape index (κ3) is 2.21. The van der Waals surface area contributed by atoms with Crippen LogP contribution in [0.3, 0.4) is 0 Å². The number of hydrogen-bond acceptors (Lipinski definition) is 7. The largest absolute Gasteiger partial charge is 0.462 e. The highest BCUT2D eigenvalue weighted by Gasteiger charge is 2.60. The van der Waals surface area contributed by atoms with Gasteiger partial charge in [0.2, 0.25) is 17.7 Å². The summed E-state index contributed by atoms with van der Waals surface area (Å²) < 4.78 is 10.4. The highest BCUT2D eigenvalue weighted by molar-refractivity contribution is 6.31. The van der Waals surface area contributed by atoms with Gasteiger partial charge in [0.05, 0.1) is 6.61 Å². The van der Waals surface area contributed by atoms with Crippen molar-refractivity contribution in [1.29, 1.82) is 0 Å². The number of H-pyrrole nitrogens is 2. The van der Waals surface area contributed by atoms with E-state index in [4.69, 9.17) is 26.8 Å². The standard InChI is InChI=1S/C17H13ClN4O6/c1-2-27-14(24)9-11(19)28-13-10(12(23)21-16(26)22-13)17(9)7-5-6(18)3-4-8(7)20-15(17)25/h3-5H,2,19H2,1H3,(H,20,25)(H2,21,22,23,26). The Morgan fingerprint density at radius 2 is 2.04 bits per heavy atom. The van der Waals surface area contributed by atoms with E-state index in [1.165, 1.54) is 18.2 Å². The molecule has 144 valence electrons. The van der Waals surface area contributed by atoms with E-state index in [9.17, 15) is 19.2 Å². The molecule has 1 aromatic heterocycles. The average Bonchev–Trinajstić information content (AvgIpc) is 2.87. The second kappa shape index (κ2) is 5.99. The summed E-state index contributed by atoms with van der Waals surface area (Å²) in [7, 11) is 0. The first-order chi connectivity index (χ1) is 13.3. The number of nitrogens with two attached hydrogens (primary N) is 1. The molecule has 11 heteroatoms. The zero-order valence-corrected chi connectivity index (χ0v) is 15.1. The summed E-state index contributed by atoms with van der Waals surface area (Å²) in [5.74, 6) is -2.51. The van der Waals surface area contributed by atoms with E-state index in [2.05, 4.69) is 10.3 Å². The summed E-state index contributed by atoms with van der Waals surface area (Å²) >= 11 is 6.11. The zero-order chi connectivity index (χ0) is 20.2. The maximum absolute atomic E-state index is 13.2. The lowest BCUT2D eigenvalue weighted by Gasteiger charge is -2.33. The first kappa shape index (κ1) is 17.9. The number of carbonyl (C=O) groups is 2. The summed E-state index contributed by atoms with van der Waals surface area (Å²) in [5.41, 5.74) is 2.00. The number of rotatable bonds is 2. The molecule has 1 aromatic carbocycles. The number of carbonyl (C=O) groups excluding carboxylic acids is 2. The second-order valence-corrected chi connectivity index (χ2v) is 6.50. The fraction of sp³-hybridized carbons (Fsp3) is 0.176. The van der Waals surface area contributed by atoms with Crippen molar-refractivity contribution in [3.8, 4) is 5.88 Å². The van der Waals surface area contributed by atoms with E-state index in [1.807, 2.05) is 4.98 Å². The minimum absolute atomic E-state index is 0.00937. The molecule has 5 N–H and O–H groups in total. The Bertz CT molecular complexity index is 1200. The third-order valence-corrected chi connectivity index (χ3v) is 4.81. The highest BCUT2D eigenvalue weighted by Crippen LogP contribution is 2.52. The molecule has 4 rings (SSSR count). The Morgan fingerprint density at radius 1 is 1.29 bits per heavy atom. The van der Waals surface area contributed by atoms with Gasteiger partial charge in [-0.1, -0.05) is 11.6 Å². The third-order valence-electron chi connectivity index (χ3n) is 4.57. The molecule has 0 saturated carbocycles. The normalized spacial score (nSPS) is 19.7. The van der Waals surface area contributed by atoms with Gasteiger partial charge >= 0.3 is 11.7 Å². The van der Waals surface area contributed by atoms with Gasteiger partial charge in [0.1, 0.15) is 16.6 Å². The van der Waals surface area contributed by atoms with Crippen LogP contribution < -0.4 is 27.0 Å². The van der Waals surface area contributed by atoms with Gasteiger partial charge in [-0.25, -0.2) is 9.59 Å². The number of ether oxygens (including phenoxy) is 2. The van der Waals surface area contributed by atoms with Crippen LogP contribution in [0.1, 0.15) is 18.1 Å². The lowest BCUT2D eigenvalue weighted by Crippen LogP contribution is -2.50. The molecule has 2 aliphatic rings. The van der Waals surface area contributed by atoms with Crippen LogP contribution in [0.5, 0.6) is 5.88 Å². The Kier molecular flexibility index (Phi) is 3.82. The van der Waals surface area contributed by atoms with Crippen molar-refractivity contribution in [2.24, 2.45) is 5.73 Å². The van der Waals surface area contributed by atoms with Crippen LogP contribution in [0.15, 0.2) is 39.2 Å². The van der Waals surface area contributed by atoms with E-state index in [0.29, 0.717) is 5.69 Å². The van der Waals surface area contributed by atoms with Crippen LogP contribution in [0.25, 0.3) is 0 Å². The number of amides is 1. The number of aromatic amines is 2. The Balaban J connectivity index is 2.18. The number of benzene rings is 1. The van der Waals surface area contributed by atoms with Gasteiger partial charge < -0.3 is 20.5 Å². The minimum atomic E-state index is -2.01. The first-order valence-corrected chi connectivity index (χ1v) is 8.52. The topological polar surface area (TPSA) is 156 Å². The van der Waals surface area contributed by atoms with Crippen LogP contribution in [-0.2, 0) is 19.7 Å². The van der Waals surface area contributed by atoms with Crippen molar-refractivity contribution in [3.63, 3.8) is 0 Å². The van der Waals surface area contributed by atoms with Crippen molar-refractivity contribution in [2.45, 2.75) is 12.3 Å². The number of anilines is 1. The van der Waals surface area contributed by atoms with Gasteiger partial charge in [-0.2, -0.15) is 0 Å². The molecule has 2 aromatic rings. The summed E-state index contributed by atoms with van der Waals surface area (Å²) in [6.45, 7) is 1.56. The van der Waals surface area contributed by atoms with Crippen LogP contribution in [-0.4, -0.2) is 28.5 Å². The molecule has 1 spiro atoms. The molecule has 0 fully saturated rings. The van der Waals surface area contributed by atoms with E-state index < -0.39 is 34.4 Å².